The van der Waals surface area contributed by atoms with Crippen molar-refractivity contribution in [3.8, 4) is 0 Å². The summed E-state index contributed by atoms with van der Waals surface area (Å²) in [5, 5.41) is 0. The predicted octanol–water partition coefficient (Wildman–Crippen LogP) is 5.72. The fourth-order valence-corrected chi connectivity index (χ4v) is 3.39. The van der Waals surface area contributed by atoms with Gasteiger partial charge >= 0.3 is 0 Å². The number of aliphatic imine (C=N–C) groups is 1. The van der Waals surface area contributed by atoms with Crippen molar-refractivity contribution in [2.24, 2.45) is 4.99 Å². The standard InChI is InChI=1S/C24H19NO2S/c1-17(19-9-5-3-6-10-19)25-23(18(2)26)24(27)20-13-15-22(16-14-20)28-21-11-7-4-8-12-21/h3-16H,1H2,2H3/b25-23+. The van der Waals surface area contributed by atoms with Gasteiger partial charge in [-0.3, -0.25) is 9.59 Å². The van der Waals surface area contributed by atoms with Crippen molar-refractivity contribution >= 4 is 34.7 Å². The zero-order valence-electron chi connectivity index (χ0n) is 15.5. The minimum absolute atomic E-state index is 0.114. The van der Waals surface area contributed by atoms with Gasteiger partial charge in [-0.05, 0) is 42.0 Å². The van der Waals surface area contributed by atoms with Gasteiger partial charge in [0.05, 0.1) is 5.70 Å². The summed E-state index contributed by atoms with van der Waals surface area (Å²) in [4.78, 5) is 31.2. The van der Waals surface area contributed by atoms with E-state index in [9.17, 15) is 9.59 Å². The van der Waals surface area contributed by atoms with E-state index in [4.69, 9.17) is 0 Å². The maximum Gasteiger partial charge on any atom is 0.215 e. The van der Waals surface area contributed by atoms with E-state index in [1.54, 1.807) is 23.9 Å². The minimum atomic E-state index is -0.402. The van der Waals surface area contributed by atoms with Crippen LogP contribution in [-0.2, 0) is 4.79 Å². The molecular weight excluding hydrogens is 366 g/mol. The van der Waals surface area contributed by atoms with Crippen LogP contribution >= 0.6 is 11.8 Å². The van der Waals surface area contributed by atoms with Crippen LogP contribution in [0.5, 0.6) is 0 Å². The highest BCUT2D eigenvalue weighted by Crippen LogP contribution is 2.27. The quantitative estimate of drug-likeness (QED) is 0.297. The third-order valence-corrected chi connectivity index (χ3v) is 5.01. The number of hydrogen-bond acceptors (Lipinski definition) is 4. The average Bonchev–Trinajstić information content (AvgIpc) is 2.73. The number of Topliss-reactive ketones (excluding diaryl/α,β-unsaturated/α-hetero) is 2. The zero-order valence-corrected chi connectivity index (χ0v) is 16.3. The second-order valence-electron chi connectivity index (χ2n) is 6.10. The topological polar surface area (TPSA) is 46.5 Å². The molecule has 0 aliphatic rings. The Kier molecular flexibility index (Phi) is 6.35. The van der Waals surface area contributed by atoms with Crippen LogP contribution in [0.2, 0.25) is 0 Å². The molecule has 0 radical (unpaired) electrons. The third-order valence-electron chi connectivity index (χ3n) is 4.00. The van der Waals surface area contributed by atoms with Gasteiger partial charge in [0, 0.05) is 22.3 Å². The molecule has 0 amide bonds. The lowest BCUT2D eigenvalue weighted by molar-refractivity contribution is -0.110. The van der Waals surface area contributed by atoms with E-state index in [1.807, 2.05) is 72.8 Å². The van der Waals surface area contributed by atoms with Gasteiger partial charge in [0.1, 0.15) is 0 Å². The van der Waals surface area contributed by atoms with E-state index >= 15 is 0 Å². The highest BCUT2D eigenvalue weighted by molar-refractivity contribution is 7.99. The van der Waals surface area contributed by atoms with Gasteiger partial charge in [-0.2, -0.15) is 0 Å². The van der Waals surface area contributed by atoms with Crippen LogP contribution in [0.25, 0.3) is 5.70 Å². The monoisotopic (exact) mass is 385 g/mol. The van der Waals surface area contributed by atoms with Gasteiger partial charge in [0.15, 0.2) is 11.5 Å². The van der Waals surface area contributed by atoms with E-state index < -0.39 is 5.78 Å². The first-order valence-corrected chi connectivity index (χ1v) is 9.58. The Balaban J connectivity index is 1.81. The summed E-state index contributed by atoms with van der Waals surface area (Å²) in [6.45, 7) is 5.23. The van der Waals surface area contributed by atoms with Crippen LogP contribution in [0.3, 0.4) is 0 Å². The summed E-state index contributed by atoms with van der Waals surface area (Å²) in [5.74, 6) is -0.786. The Hall–Kier alpha value is -3.24. The molecule has 0 unspecified atom stereocenters. The molecule has 0 aliphatic heterocycles. The van der Waals surface area contributed by atoms with Crippen LogP contribution in [0.4, 0.5) is 0 Å². The van der Waals surface area contributed by atoms with Crippen LogP contribution in [0.15, 0.2) is 106 Å². The van der Waals surface area contributed by atoms with E-state index in [1.165, 1.54) is 6.92 Å². The maximum atomic E-state index is 12.8. The molecule has 0 saturated carbocycles. The second-order valence-corrected chi connectivity index (χ2v) is 7.24. The normalized spacial score (nSPS) is 11.1. The van der Waals surface area contributed by atoms with Crippen molar-refractivity contribution in [1.29, 1.82) is 0 Å². The Morgan fingerprint density at radius 1 is 0.750 bits per heavy atom. The SMILES string of the molecule is C=C(/N=C(\C(C)=O)C(=O)c1ccc(Sc2ccccc2)cc1)c1ccccc1. The molecule has 138 valence electrons. The van der Waals surface area contributed by atoms with Crippen molar-refractivity contribution in [3.05, 3.63) is 103 Å². The first-order chi connectivity index (χ1) is 13.5. The molecule has 0 bridgehead atoms. The summed E-state index contributed by atoms with van der Waals surface area (Å²) in [5.41, 5.74) is 1.46. The fourth-order valence-electron chi connectivity index (χ4n) is 2.56. The molecule has 0 aliphatic carbocycles. The molecule has 0 aromatic heterocycles. The minimum Gasteiger partial charge on any atom is -0.293 e. The van der Waals surface area contributed by atoms with Crippen molar-refractivity contribution < 1.29 is 9.59 Å². The summed E-state index contributed by atoms with van der Waals surface area (Å²) in [7, 11) is 0. The van der Waals surface area contributed by atoms with Gasteiger partial charge in [-0.1, -0.05) is 66.9 Å². The first kappa shape index (κ1) is 19.5. The Labute approximate surface area is 168 Å². The lowest BCUT2D eigenvalue weighted by atomic mass is 10.0. The largest absolute Gasteiger partial charge is 0.293 e. The van der Waals surface area contributed by atoms with Crippen molar-refractivity contribution in [2.75, 3.05) is 0 Å². The maximum absolute atomic E-state index is 12.8. The molecule has 0 heterocycles. The molecule has 4 heteroatoms. The van der Waals surface area contributed by atoms with Crippen LogP contribution in [0.1, 0.15) is 22.8 Å². The Bertz CT molecular complexity index is 1020. The van der Waals surface area contributed by atoms with Crippen molar-refractivity contribution in [3.63, 3.8) is 0 Å². The second kappa shape index (κ2) is 9.11. The van der Waals surface area contributed by atoms with Gasteiger partial charge in [-0.15, -0.1) is 0 Å². The molecule has 0 atom stereocenters. The van der Waals surface area contributed by atoms with E-state index in [-0.39, 0.29) is 11.5 Å². The first-order valence-electron chi connectivity index (χ1n) is 8.76. The molecule has 0 spiro atoms. The van der Waals surface area contributed by atoms with Crippen LogP contribution in [0, 0.1) is 0 Å². The number of carbonyl (C=O) groups is 2. The summed E-state index contributed by atoms with van der Waals surface area (Å²) in [6, 6.07) is 26.4. The van der Waals surface area contributed by atoms with Crippen molar-refractivity contribution in [2.45, 2.75) is 16.7 Å². The van der Waals surface area contributed by atoms with E-state index in [0.29, 0.717) is 11.3 Å². The molecule has 3 nitrogen and oxygen atoms in total. The number of nitrogens with zero attached hydrogens (tertiary/aromatic N) is 1. The summed E-state index contributed by atoms with van der Waals surface area (Å²) in [6.07, 6.45) is 0. The van der Waals surface area contributed by atoms with Gasteiger partial charge in [0.25, 0.3) is 0 Å². The third kappa shape index (κ3) is 4.93. The zero-order chi connectivity index (χ0) is 19.9. The lowest BCUT2D eigenvalue weighted by Gasteiger charge is -2.06. The van der Waals surface area contributed by atoms with Crippen LogP contribution in [-0.4, -0.2) is 17.3 Å². The highest BCUT2D eigenvalue weighted by atomic mass is 32.2. The Morgan fingerprint density at radius 2 is 1.29 bits per heavy atom. The molecule has 0 N–H and O–H groups in total. The van der Waals surface area contributed by atoms with Gasteiger partial charge in [-0.25, -0.2) is 4.99 Å². The average molecular weight is 385 g/mol. The molecule has 3 aromatic carbocycles. The number of rotatable bonds is 7. The fraction of sp³-hybridized carbons (Fsp3) is 0.0417. The molecule has 0 saturated heterocycles. The molecule has 3 aromatic rings. The lowest BCUT2D eigenvalue weighted by Crippen LogP contribution is -2.22. The number of benzene rings is 3. The smallest absolute Gasteiger partial charge is 0.215 e. The Morgan fingerprint density at radius 3 is 1.86 bits per heavy atom. The molecule has 3 rings (SSSR count). The molecular formula is C24H19NO2S. The molecule has 28 heavy (non-hydrogen) atoms. The highest BCUT2D eigenvalue weighted by Gasteiger charge is 2.19. The van der Waals surface area contributed by atoms with E-state index in [2.05, 4.69) is 11.6 Å². The van der Waals surface area contributed by atoms with E-state index in [0.717, 1.165) is 15.4 Å². The van der Waals surface area contributed by atoms with Gasteiger partial charge in [0.2, 0.25) is 5.78 Å². The van der Waals surface area contributed by atoms with Crippen LogP contribution < -0.4 is 0 Å². The number of carbonyl (C=O) groups excluding carboxylic acids is 2. The summed E-state index contributed by atoms with van der Waals surface area (Å²) < 4.78 is 0. The summed E-state index contributed by atoms with van der Waals surface area (Å²) >= 11 is 1.61. The molecule has 0 fully saturated rings. The van der Waals surface area contributed by atoms with Crippen molar-refractivity contribution in [1.82, 2.24) is 0 Å². The predicted molar refractivity (Wildman–Crippen MR) is 115 cm³/mol. The number of hydrogen-bond donors (Lipinski definition) is 0. The number of ketones is 2. The van der Waals surface area contributed by atoms with Gasteiger partial charge < -0.3 is 0 Å².